The van der Waals surface area contributed by atoms with Gasteiger partial charge < -0.3 is 5.73 Å². The van der Waals surface area contributed by atoms with E-state index < -0.39 is 24.5 Å². The highest BCUT2D eigenvalue weighted by Gasteiger charge is 2.31. The number of benzene rings is 1. The molecule has 2 N–H and O–H groups in total. The van der Waals surface area contributed by atoms with E-state index in [-0.39, 0.29) is 23.5 Å². The zero-order valence-corrected chi connectivity index (χ0v) is 9.33. The van der Waals surface area contributed by atoms with E-state index in [0.29, 0.717) is 0 Å². The summed E-state index contributed by atoms with van der Waals surface area (Å²) in [4.78, 5) is 0. The lowest BCUT2D eigenvalue weighted by Crippen LogP contribution is -2.21. The van der Waals surface area contributed by atoms with Crippen LogP contribution in [0.25, 0.3) is 0 Å². The topological polar surface area (TPSA) is 26.0 Å². The Balaban J connectivity index is 0.00000225. The molecule has 1 rings (SSSR count). The summed E-state index contributed by atoms with van der Waals surface area (Å²) >= 11 is 0. The Morgan fingerprint density at radius 1 is 1.31 bits per heavy atom. The van der Waals surface area contributed by atoms with Gasteiger partial charge in [0, 0.05) is 6.04 Å². The normalized spacial score (nSPS) is 13.1. The molecule has 16 heavy (non-hydrogen) atoms. The minimum Gasteiger partial charge on any atom is -0.324 e. The van der Waals surface area contributed by atoms with Crippen LogP contribution >= 0.6 is 12.4 Å². The lowest BCUT2D eigenvalue weighted by Gasteiger charge is -2.16. The fourth-order valence-electron chi connectivity index (χ4n) is 1.39. The van der Waals surface area contributed by atoms with Gasteiger partial charge in [-0.15, -0.1) is 12.4 Å². The predicted octanol–water partition coefficient (Wildman–Crippen LogP) is 3.51. The van der Waals surface area contributed by atoms with Crippen molar-refractivity contribution in [1.29, 1.82) is 0 Å². The summed E-state index contributed by atoms with van der Waals surface area (Å²) in [5, 5.41) is 0. The maximum atomic E-state index is 13.0. The van der Waals surface area contributed by atoms with Gasteiger partial charge in [0.15, 0.2) is 0 Å². The number of rotatable bonds is 2. The standard InChI is InChI=1S/C10H11F4N.ClH/c1-6-7(3-2-4-8(6)11)9(15)5-10(12,13)14;/h2-4,9H,5,15H2,1H3;1H/t9-;/m0./s1. The van der Waals surface area contributed by atoms with Crippen LogP contribution in [0.1, 0.15) is 23.6 Å². The van der Waals surface area contributed by atoms with Gasteiger partial charge >= 0.3 is 6.18 Å². The highest BCUT2D eigenvalue weighted by Crippen LogP contribution is 2.29. The second-order valence-electron chi connectivity index (χ2n) is 3.38. The molecule has 0 amide bonds. The third-order valence-corrected chi connectivity index (χ3v) is 2.16. The summed E-state index contributed by atoms with van der Waals surface area (Å²) in [5.41, 5.74) is 5.74. The molecule has 0 spiro atoms. The van der Waals surface area contributed by atoms with Crippen molar-refractivity contribution in [2.45, 2.75) is 25.6 Å². The first-order chi connectivity index (χ1) is 6.81. The highest BCUT2D eigenvalue weighted by atomic mass is 35.5. The molecule has 0 aliphatic heterocycles. The van der Waals surface area contributed by atoms with E-state index in [1.165, 1.54) is 25.1 Å². The van der Waals surface area contributed by atoms with Crippen molar-refractivity contribution in [2.75, 3.05) is 0 Å². The van der Waals surface area contributed by atoms with Crippen LogP contribution < -0.4 is 5.73 Å². The first-order valence-corrected chi connectivity index (χ1v) is 4.38. The summed E-state index contributed by atoms with van der Waals surface area (Å²) in [6, 6.07) is 2.75. The number of alkyl halides is 3. The van der Waals surface area contributed by atoms with Crippen LogP contribution in [0.2, 0.25) is 0 Å². The van der Waals surface area contributed by atoms with E-state index in [1.807, 2.05) is 0 Å². The molecule has 0 saturated carbocycles. The van der Waals surface area contributed by atoms with E-state index in [2.05, 4.69) is 0 Å². The fraction of sp³-hybridized carbons (Fsp3) is 0.400. The van der Waals surface area contributed by atoms with Crippen LogP contribution in [0.3, 0.4) is 0 Å². The van der Waals surface area contributed by atoms with E-state index in [4.69, 9.17) is 5.73 Å². The number of halogens is 5. The molecular weight excluding hydrogens is 246 g/mol. The molecule has 0 aliphatic rings. The molecule has 0 aliphatic carbocycles. The van der Waals surface area contributed by atoms with Gasteiger partial charge in [-0.05, 0) is 24.1 Å². The van der Waals surface area contributed by atoms with Gasteiger partial charge in [-0.2, -0.15) is 13.2 Å². The quantitative estimate of drug-likeness (QED) is 0.806. The fourth-order valence-corrected chi connectivity index (χ4v) is 1.39. The second kappa shape index (κ2) is 5.50. The largest absolute Gasteiger partial charge is 0.390 e. The van der Waals surface area contributed by atoms with Crippen molar-refractivity contribution in [3.05, 3.63) is 35.1 Å². The van der Waals surface area contributed by atoms with Crippen LogP contribution in [0.4, 0.5) is 17.6 Å². The van der Waals surface area contributed by atoms with Gasteiger partial charge in [0.25, 0.3) is 0 Å². The SMILES string of the molecule is Cc1c(F)cccc1[C@@H](N)CC(F)(F)F.Cl. The van der Waals surface area contributed by atoms with Crippen LogP contribution in [-0.4, -0.2) is 6.18 Å². The summed E-state index contributed by atoms with van der Waals surface area (Å²) in [5.74, 6) is -0.537. The number of hydrogen-bond donors (Lipinski definition) is 1. The molecule has 6 heteroatoms. The van der Waals surface area contributed by atoms with Crippen molar-refractivity contribution < 1.29 is 17.6 Å². The van der Waals surface area contributed by atoms with Gasteiger partial charge in [0.05, 0.1) is 6.42 Å². The smallest absolute Gasteiger partial charge is 0.324 e. The van der Waals surface area contributed by atoms with E-state index >= 15 is 0 Å². The number of nitrogens with two attached hydrogens (primary N) is 1. The minimum atomic E-state index is -4.34. The second-order valence-corrected chi connectivity index (χ2v) is 3.38. The molecule has 0 heterocycles. The predicted molar refractivity (Wildman–Crippen MR) is 56.0 cm³/mol. The molecule has 0 aromatic heterocycles. The molecule has 1 aromatic carbocycles. The van der Waals surface area contributed by atoms with Crippen molar-refractivity contribution >= 4 is 12.4 Å². The van der Waals surface area contributed by atoms with Crippen molar-refractivity contribution in [2.24, 2.45) is 5.73 Å². The first kappa shape index (κ1) is 15.2. The first-order valence-electron chi connectivity index (χ1n) is 4.38. The molecule has 92 valence electrons. The zero-order chi connectivity index (χ0) is 11.6. The molecule has 0 saturated heterocycles. The maximum Gasteiger partial charge on any atom is 0.390 e. The molecule has 0 fully saturated rings. The van der Waals surface area contributed by atoms with Crippen LogP contribution in [0.5, 0.6) is 0 Å². The average molecular weight is 258 g/mol. The Morgan fingerprint density at radius 3 is 2.38 bits per heavy atom. The summed E-state index contributed by atoms with van der Waals surface area (Å²) in [7, 11) is 0. The Kier molecular flexibility index (Phi) is 5.22. The van der Waals surface area contributed by atoms with E-state index in [9.17, 15) is 17.6 Å². The highest BCUT2D eigenvalue weighted by molar-refractivity contribution is 5.85. The van der Waals surface area contributed by atoms with Gasteiger partial charge in [0.1, 0.15) is 5.82 Å². The average Bonchev–Trinajstić information content (AvgIpc) is 2.06. The molecule has 0 radical (unpaired) electrons. The van der Waals surface area contributed by atoms with Crippen LogP contribution in [-0.2, 0) is 0 Å². The zero-order valence-electron chi connectivity index (χ0n) is 8.51. The minimum absolute atomic E-state index is 0. The Morgan fingerprint density at radius 2 is 1.88 bits per heavy atom. The molecule has 1 nitrogen and oxygen atoms in total. The molecule has 0 bridgehead atoms. The number of hydrogen-bond acceptors (Lipinski definition) is 1. The summed E-state index contributed by atoms with van der Waals surface area (Å²) < 4.78 is 49.2. The molecule has 1 atom stereocenters. The molecule has 0 unspecified atom stereocenters. The molecular formula is C10H12ClF4N. The van der Waals surface area contributed by atoms with Crippen LogP contribution in [0.15, 0.2) is 18.2 Å². The third kappa shape index (κ3) is 3.98. The van der Waals surface area contributed by atoms with Gasteiger partial charge in [-0.3, -0.25) is 0 Å². The Bertz CT molecular complexity index is 351. The molecule has 1 aromatic rings. The van der Waals surface area contributed by atoms with E-state index in [1.54, 1.807) is 0 Å². The van der Waals surface area contributed by atoms with Crippen molar-refractivity contribution in [3.63, 3.8) is 0 Å². The van der Waals surface area contributed by atoms with Crippen molar-refractivity contribution in [3.8, 4) is 0 Å². The maximum absolute atomic E-state index is 13.0. The lowest BCUT2D eigenvalue weighted by molar-refractivity contribution is -0.138. The van der Waals surface area contributed by atoms with E-state index in [0.717, 1.165) is 0 Å². The Hall–Kier alpha value is -0.810. The van der Waals surface area contributed by atoms with Gasteiger partial charge in [-0.1, -0.05) is 12.1 Å². The third-order valence-electron chi connectivity index (χ3n) is 2.16. The van der Waals surface area contributed by atoms with Crippen LogP contribution in [0, 0.1) is 12.7 Å². The van der Waals surface area contributed by atoms with Gasteiger partial charge in [0.2, 0.25) is 0 Å². The Labute approximate surface area is 97.0 Å². The summed E-state index contributed by atoms with van der Waals surface area (Å²) in [6.07, 6.45) is -5.48. The lowest BCUT2D eigenvalue weighted by atomic mass is 9.99. The monoisotopic (exact) mass is 257 g/mol. The van der Waals surface area contributed by atoms with Gasteiger partial charge in [-0.25, -0.2) is 4.39 Å². The summed E-state index contributed by atoms with van der Waals surface area (Å²) in [6.45, 7) is 1.42. The van der Waals surface area contributed by atoms with Crippen molar-refractivity contribution in [1.82, 2.24) is 0 Å².